The number of carboxylic acid groups (broad SMARTS) is 1. The fourth-order valence-corrected chi connectivity index (χ4v) is 4.09. The van der Waals surface area contributed by atoms with Crippen molar-refractivity contribution >= 4 is 29.3 Å². The second-order valence-electron chi connectivity index (χ2n) is 6.63. The van der Waals surface area contributed by atoms with Crippen LogP contribution >= 0.6 is 23.4 Å². The molecule has 0 radical (unpaired) electrons. The highest BCUT2D eigenvalue weighted by Gasteiger charge is 2.40. The van der Waals surface area contributed by atoms with Gasteiger partial charge in [-0.25, -0.2) is 18.6 Å². The molecule has 0 spiro atoms. The molecule has 0 aliphatic rings. The van der Waals surface area contributed by atoms with Crippen LogP contribution < -0.4 is 0 Å². The van der Waals surface area contributed by atoms with Crippen molar-refractivity contribution in [2.75, 3.05) is 0 Å². The van der Waals surface area contributed by atoms with Crippen LogP contribution in [0.15, 0.2) is 29.2 Å². The zero-order valence-electron chi connectivity index (χ0n) is 15.4. The van der Waals surface area contributed by atoms with Crippen molar-refractivity contribution in [3.05, 3.63) is 57.4 Å². The second-order valence-corrected chi connectivity index (χ2v) is 8.11. The number of aromatic carboxylic acids is 1. The maximum atomic E-state index is 13.6. The van der Waals surface area contributed by atoms with E-state index in [-0.39, 0.29) is 23.7 Å². The van der Waals surface area contributed by atoms with Gasteiger partial charge < -0.3 is 5.11 Å². The van der Waals surface area contributed by atoms with Gasteiger partial charge in [-0.2, -0.15) is 13.2 Å². The Morgan fingerprint density at radius 3 is 2.38 bits per heavy atom. The summed E-state index contributed by atoms with van der Waals surface area (Å²) in [6, 6.07) is 6.38. The quantitative estimate of drug-likeness (QED) is 0.366. The summed E-state index contributed by atoms with van der Waals surface area (Å²) in [6.07, 6.45) is -8.59. The van der Waals surface area contributed by atoms with Crippen molar-refractivity contribution in [1.29, 1.82) is 0 Å². The van der Waals surface area contributed by atoms with Crippen molar-refractivity contribution in [3.63, 3.8) is 0 Å². The van der Waals surface area contributed by atoms with Gasteiger partial charge in [-0.05, 0) is 41.7 Å². The van der Waals surface area contributed by atoms with Crippen molar-refractivity contribution < 1.29 is 31.9 Å². The lowest BCUT2D eigenvalue weighted by molar-refractivity contribution is -0.142. The molecule has 0 fully saturated rings. The summed E-state index contributed by atoms with van der Waals surface area (Å²) in [7, 11) is 0. The highest BCUT2D eigenvalue weighted by atomic mass is 35.5. The second kappa shape index (κ2) is 9.30. The Morgan fingerprint density at radius 2 is 1.90 bits per heavy atom. The van der Waals surface area contributed by atoms with Crippen LogP contribution in [0.2, 0.25) is 5.02 Å². The van der Waals surface area contributed by atoms with E-state index < -0.39 is 41.1 Å². The largest absolute Gasteiger partial charge is 0.478 e. The minimum Gasteiger partial charge on any atom is -0.478 e. The third kappa shape index (κ3) is 5.82. The number of alkyl halides is 5. The van der Waals surface area contributed by atoms with Gasteiger partial charge in [0.15, 0.2) is 0 Å². The molecular weight excluding hydrogens is 437 g/mol. The first-order chi connectivity index (χ1) is 13.4. The number of carboxylic acids is 1. The van der Waals surface area contributed by atoms with E-state index in [1.807, 2.05) is 0 Å². The third-order valence-corrected chi connectivity index (χ3v) is 5.18. The Bertz CT molecular complexity index is 903. The first-order valence-electron chi connectivity index (χ1n) is 8.44. The third-order valence-electron chi connectivity index (χ3n) is 3.92. The molecule has 3 nitrogen and oxygen atoms in total. The van der Waals surface area contributed by atoms with Crippen LogP contribution in [0.1, 0.15) is 53.1 Å². The van der Waals surface area contributed by atoms with E-state index in [1.165, 1.54) is 0 Å². The average Bonchev–Trinajstić information content (AvgIpc) is 2.58. The maximum Gasteiger partial charge on any atom is 0.433 e. The van der Waals surface area contributed by atoms with Gasteiger partial charge in [0.05, 0.1) is 5.56 Å². The predicted molar refractivity (Wildman–Crippen MR) is 101 cm³/mol. The Kier molecular flexibility index (Phi) is 7.50. The van der Waals surface area contributed by atoms with Gasteiger partial charge >= 0.3 is 12.1 Å². The first kappa shape index (κ1) is 23.4. The Labute approximate surface area is 173 Å². The van der Waals surface area contributed by atoms with Gasteiger partial charge in [0.1, 0.15) is 11.4 Å². The molecule has 1 aromatic heterocycles. The molecule has 1 heterocycles. The highest BCUT2D eigenvalue weighted by Crippen LogP contribution is 2.40. The number of hydrogen-bond donors (Lipinski definition) is 1. The van der Waals surface area contributed by atoms with Crippen LogP contribution in [-0.4, -0.2) is 16.1 Å². The average molecular weight is 454 g/mol. The summed E-state index contributed by atoms with van der Waals surface area (Å²) >= 11 is 6.88. The molecule has 0 aliphatic carbocycles. The molecule has 1 aromatic carbocycles. The lowest BCUT2D eigenvalue weighted by atomic mass is 9.91. The van der Waals surface area contributed by atoms with Crippen LogP contribution in [-0.2, 0) is 18.3 Å². The minimum atomic E-state index is -5.02. The van der Waals surface area contributed by atoms with E-state index in [9.17, 15) is 31.9 Å². The predicted octanol–water partition coefficient (Wildman–Crippen LogP) is 6.88. The molecule has 0 amide bonds. The molecule has 158 valence electrons. The lowest BCUT2D eigenvalue weighted by Gasteiger charge is -2.21. The molecule has 29 heavy (non-hydrogen) atoms. The number of pyridine rings is 1. The molecule has 2 rings (SSSR count). The molecule has 1 N–H and O–H groups in total. The van der Waals surface area contributed by atoms with Crippen LogP contribution in [0.3, 0.4) is 0 Å². The summed E-state index contributed by atoms with van der Waals surface area (Å²) in [5, 5.41) is 9.85. The zero-order valence-corrected chi connectivity index (χ0v) is 16.9. The Morgan fingerprint density at radius 1 is 1.24 bits per heavy atom. The molecule has 0 atom stereocenters. The summed E-state index contributed by atoms with van der Waals surface area (Å²) in [5.41, 5.74) is -4.37. The number of hydrogen-bond acceptors (Lipinski definition) is 3. The van der Waals surface area contributed by atoms with Gasteiger partial charge in [-0.15, -0.1) is 11.8 Å². The van der Waals surface area contributed by atoms with Gasteiger partial charge in [-0.1, -0.05) is 31.5 Å². The SMILES string of the molecule is CC(C)Cc1c(CSc2cccc(Cl)c2)c(C(F)(F)F)nc(C(F)F)c1C(=O)O. The summed E-state index contributed by atoms with van der Waals surface area (Å²) in [4.78, 5) is 15.3. The summed E-state index contributed by atoms with van der Waals surface area (Å²) in [6.45, 7) is 3.32. The van der Waals surface area contributed by atoms with Crippen LogP contribution in [0.25, 0.3) is 0 Å². The van der Waals surface area contributed by atoms with E-state index in [0.717, 1.165) is 11.8 Å². The number of nitrogens with zero attached hydrogens (tertiary/aromatic N) is 1. The summed E-state index contributed by atoms with van der Waals surface area (Å²) < 4.78 is 67.7. The topological polar surface area (TPSA) is 50.2 Å². The van der Waals surface area contributed by atoms with Gasteiger partial charge in [0.25, 0.3) is 6.43 Å². The molecule has 10 heteroatoms. The van der Waals surface area contributed by atoms with Gasteiger partial charge in [0.2, 0.25) is 0 Å². The molecular formula is C19H17ClF5NO2S. The smallest absolute Gasteiger partial charge is 0.433 e. The molecule has 0 aliphatic heterocycles. The van der Waals surface area contributed by atoms with E-state index in [0.29, 0.717) is 9.92 Å². The monoisotopic (exact) mass is 453 g/mol. The van der Waals surface area contributed by atoms with Gasteiger partial charge in [0, 0.05) is 15.7 Å². The first-order valence-corrected chi connectivity index (χ1v) is 9.80. The molecule has 2 aromatic rings. The fourth-order valence-electron chi connectivity index (χ4n) is 2.82. The van der Waals surface area contributed by atoms with Gasteiger partial charge in [-0.3, -0.25) is 0 Å². The highest BCUT2D eigenvalue weighted by molar-refractivity contribution is 7.98. The van der Waals surface area contributed by atoms with E-state index in [4.69, 9.17) is 11.6 Å². The molecule has 0 saturated heterocycles. The number of thioether (sulfide) groups is 1. The number of carbonyl (C=O) groups is 1. The number of benzene rings is 1. The van der Waals surface area contributed by atoms with Crippen molar-refractivity contribution in [2.45, 2.75) is 43.5 Å². The van der Waals surface area contributed by atoms with Crippen LogP contribution in [0.4, 0.5) is 22.0 Å². The van der Waals surface area contributed by atoms with E-state index in [1.54, 1.807) is 38.1 Å². The molecule has 0 bridgehead atoms. The van der Waals surface area contributed by atoms with Crippen molar-refractivity contribution in [1.82, 2.24) is 4.98 Å². The van der Waals surface area contributed by atoms with Crippen molar-refractivity contribution in [2.24, 2.45) is 5.92 Å². The lowest BCUT2D eigenvalue weighted by Crippen LogP contribution is -2.21. The van der Waals surface area contributed by atoms with E-state index in [2.05, 4.69) is 4.98 Å². The van der Waals surface area contributed by atoms with Crippen molar-refractivity contribution in [3.8, 4) is 0 Å². The van der Waals surface area contributed by atoms with Crippen LogP contribution in [0, 0.1) is 5.92 Å². The summed E-state index contributed by atoms with van der Waals surface area (Å²) in [5.74, 6) is -2.29. The van der Waals surface area contributed by atoms with Crippen LogP contribution in [0.5, 0.6) is 0 Å². The fraction of sp³-hybridized carbons (Fsp3) is 0.368. The standard InChI is InChI=1S/C19H17ClF5NO2S/c1-9(2)6-12-13(8-29-11-5-3-4-10(20)7-11)16(19(23,24)25)26-15(17(21)22)14(12)18(27)28/h3-5,7,9,17H,6,8H2,1-2H3,(H,27,28). The Balaban J connectivity index is 2.72. The zero-order chi connectivity index (χ0) is 21.9. The normalized spacial score (nSPS) is 12.1. The number of halogens is 6. The van der Waals surface area contributed by atoms with E-state index >= 15 is 0 Å². The number of aromatic nitrogens is 1. The molecule has 0 saturated carbocycles. The Hall–Kier alpha value is -1.87. The minimum absolute atomic E-state index is 0.113. The molecule has 0 unspecified atom stereocenters. The number of rotatable bonds is 7. The maximum absolute atomic E-state index is 13.6.